The molecule has 0 saturated heterocycles. The van der Waals surface area contributed by atoms with Crippen LogP contribution >= 0.6 is 35.0 Å². The maximum absolute atomic E-state index is 8.36. The summed E-state index contributed by atoms with van der Waals surface area (Å²) in [5, 5.41) is 7.57. The van der Waals surface area contributed by atoms with Crippen LogP contribution in [0.3, 0.4) is 0 Å². The van der Waals surface area contributed by atoms with Crippen molar-refractivity contribution in [2.45, 2.75) is 11.8 Å². The Morgan fingerprint density at radius 2 is 1.80 bits per heavy atom. The molecule has 0 bridgehead atoms. The lowest BCUT2D eigenvalue weighted by Crippen LogP contribution is -1.93. The minimum Gasteiger partial charge on any atom is -0.483 e. The smallest absolute Gasteiger partial charge is 0.290 e. The van der Waals surface area contributed by atoms with Crippen molar-refractivity contribution in [2.75, 3.05) is 5.48 Å². The fraction of sp³-hybridized carbons (Fsp3) is 0.0556. The van der Waals surface area contributed by atoms with Gasteiger partial charge in [0.15, 0.2) is 0 Å². The van der Waals surface area contributed by atoms with Gasteiger partial charge in [-0.25, -0.2) is 0 Å². The minimum atomic E-state index is -0.250. The predicted octanol–water partition coefficient (Wildman–Crippen LogP) is 6.13. The fourth-order valence-electron chi connectivity index (χ4n) is 1.95. The van der Waals surface area contributed by atoms with Crippen molar-refractivity contribution in [3.63, 3.8) is 0 Å². The van der Waals surface area contributed by atoms with Crippen LogP contribution in [0, 0.1) is 6.92 Å². The molecule has 130 valence electrons. The van der Waals surface area contributed by atoms with E-state index in [0.29, 0.717) is 5.02 Å². The number of benzene rings is 2. The van der Waals surface area contributed by atoms with Gasteiger partial charge in [0.1, 0.15) is 0 Å². The number of halogens is 1. The molecule has 0 aliphatic carbocycles. The first-order chi connectivity index (χ1) is 12.2. The Bertz CT molecular complexity index is 809. The molecule has 0 aliphatic heterocycles. The first-order valence-corrected chi connectivity index (χ1v) is 9.17. The van der Waals surface area contributed by atoms with E-state index in [2.05, 4.69) is 30.6 Å². The average Bonchev–Trinajstić information content (AvgIpc) is 2.99. The molecular formula is C18H16ClNO3S2. The molecular weight excluding hydrogens is 378 g/mol. The molecule has 0 spiro atoms. The molecule has 1 heterocycles. The molecule has 0 radical (unpaired) electrons. The second-order valence-corrected chi connectivity index (χ2v) is 7.19. The van der Waals surface area contributed by atoms with Crippen LogP contribution in [-0.2, 0) is 9.08 Å². The summed E-state index contributed by atoms with van der Waals surface area (Å²) < 4.78 is 5.51. The molecule has 0 saturated carbocycles. The molecule has 4 nitrogen and oxygen atoms in total. The molecule has 0 amide bonds. The number of carbonyl (C=O) groups is 1. The van der Waals surface area contributed by atoms with Crippen molar-refractivity contribution < 1.29 is 14.2 Å². The van der Waals surface area contributed by atoms with Crippen LogP contribution in [0.4, 0.5) is 5.69 Å². The molecule has 0 atom stereocenters. The van der Waals surface area contributed by atoms with Crippen LogP contribution in [0.2, 0.25) is 5.02 Å². The molecule has 0 unspecified atom stereocenters. The van der Waals surface area contributed by atoms with E-state index in [9.17, 15) is 0 Å². The summed E-state index contributed by atoms with van der Waals surface area (Å²) in [4.78, 5) is 11.6. The van der Waals surface area contributed by atoms with Gasteiger partial charge in [-0.1, -0.05) is 54.1 Å². The number of carboxylic acid groups (broad SMARTS) is 1. The van der Waals surface area contributed by atoms with Gasteiger partial charge in [-0.05, 0) is 30.7 Å². The lowest BCUT2D eigenvalue weighted by Gasteiger charge is -2.05. The summed E-state index contributed by atoms with van der Waals surface area (Å²) in [5.74, 6) is 0. The Morgan fingerprint density at radius 3 is 2.48 bits per heavy atom. The second kappa shape index (κ2) is 10.1. The summed E-state index contributed by atoms with van der Waals surface area (Å²) in [7, 11) is 0. The Hall–Kier alpha value is -1.99. The van der Waals surface area contributed by atoms with E-state index in [4.69, 9.17) is 25.8 Å². The van der Waals surface area contributed by atoms with Crippen LogP contribution in [0.25, 0.3) is 10.4 Å². The highest BCUT2D eigenvalue weighted by Gasteiger charge is 2.08. The van der Waals surface area contributed by atoms with E-state index >= 15 is 0 Å². The molecule has 0 aliphatic rings. The average molecular weight is 394 g/mol. The topological polar surface area (TPSA) is 58.6 Å². The number of hydrogen-bond acceptors (Lipinski definition) is 5. The van der Waals surface area contributed by atoms with Crippen molar-refractivity contribution in [2.24, 2.45) is 0 Å². The van der Waals surface area contributed by atoms with E-state index in [1.165, 1.54) is 27.4 Å². The van der Waals surface area contributed by atoms with Crippen LogP contribution in [0.1, 0.15) is 4.88 Å². The molecule has 1 aromatic heterocycles. The van der Waals surface area contributed by atoms with E-state index in [1.807, 2.05) is 42.5 Å². The SMILES string of the molecule is Cc1sc(-c2ccccc2)cc1NOSc1ccccc1Cl.O=CO. The van der Waals surface area contributed by atoms with Crippen LogP contribution < -0.4 is 5.48 Å². The summed E-state index contributed by atoms with van der Waals surface area (Å²) in [6.45, 7) is 1.82. The highest BCUT2D eigenvalue weighted by Crippen LogP contribution is 2.35. The van der Waals surface area contributed by atoms with Crippen LogP contribution in [0.15, 0.2) is 65.6 Å². The molecule has 0 fully saturated rings. The number of rotatable bonds is 5. The largest absolute Gasteiger partial charge is 0.483 e. The van der Waals surface area contributed by atoms with Crippen LogP contribution in [0.5, 0.6) is 0 Å². The van der Waals surface area contributed by atoms with Gasteiger partial charge in [0.2, 0.25) is 0 Å². The Balaban J connectivity index is 0.000000701. The van der Waals surface area contributed by atoms with Crippen molar-refractivity contribution >= 4 is 47.1 Å². The maximum atomic E-state index is 8.36. The number of nitrogens with one attached hydrogen (secondary N) is 1. The summed E-state index contributed by atoms with van der Waals surface area (Å²) in [6, 6.07) is 20.0. The van der Waals surface area contributed by atoms with Crippen molar-refractivity contribution in [3.05, 3.63) is 70.6 Å². The van der Waals surface area contributed by atoms with Gasteiger partial charge >= 0.3 is 0 Å². The lowest BCUT2D eigenvalue weighted by atomic mass is 10.2. The molecule has 3 rings (SSSR count). The van der Waals surface area contributed by atoms with Gasteiger partial charge in [-0.15, -0.1) is 11.3 Å². The van der Waals surface area contributed by atoms with Gasteiger partial charge in [0.05, 0.1) is 27.6 Å². The second-order valence-electron chi connectivity index (χ2n) is 4.75. The zero-order chi connectivity index (χ0) is 18.1. The quantitative estimate of drug-likeness (QED) is 0.310. The number of thiophene rings is 1. The fourth-order valence-corrected chi connectivity index (χ4v) is 3.66. The number of anilines is 1. The standard InChI is InChI=1S/C17H14ClNOS2.CH2O2/c1-12-15(11-17(21-12)13-7-3-2-4-8-13)19-20-22-16-10-6-5-9-14(16)18;2-1-3/h2-11,19H,1H3;1H,(H,2,3). The maximum Gasteiger partial charge on any atom is 0.290 e. The predicted molar refractivity (Wildman–Crippen MR) is 105 cm³/mol. The third-order valence-corrected chi connectivity index (χ3v) is 5.34. The zero-order valence-electron chi connectivity index (χ0n) is 13.3. The number of hydrogen-bond donors (Lipinski definition) is 2. The van der Waals surface area contributed by atoms with E-state index < -0.39 is 0 Å². The molecule has 2 N–H and O–H groups in total. The Kier molecular flexibility index (Phi) is 7.81. The van der Waals surface area contributed by atoms with Gasteiger partial charge in [-0.3, -0.25) is 10.3 Å². The van der Waals surface area contributed by atoms with Gasteiger partial charge in [0.25, 0.3) is 6.47 Å². The van der Waals surface area contributed by atoms with Gasteiger partial charge in [-0.2, -0.15) is 4.28 Å². The summed E-state index contributed by atoms with van der Waals surface area (Å²) in [5.41, 5.74) is 5.18. The van der Waals surface area contributed by atoms with Gasteiger partial charge in [0, 0.05) is 9.75 Å². The molecule has 7 heteroatoms. The van der Waals surface area contributed by atoms with E-state index in [0.717, 1.165) is 10.6 Å². The van der Waals surface area contributed by atoms with Crippen molar-refractivity contribution in [3.8, 4) is 10.4 Å². The van der Waals surface area contributed by atoms with Crippen molar-refractivity contribution in [1.29, 1.82) is 0 Å². The molecule has 3 aromatic rings. The highest BCUT2D eigenvalue weighted by molar-refractivity contribution is 7.94. The highest BCUT2D eigenvalue weighted by atomic mass is 35.5. The van der Waals surface area contributed by atoms with Crippen LogP contribution in [-0.4, -0.2) is 11.6 Å². The Labute approximate surface area is 159 Å². The zero-order valence-corrected chi connectivity index (χ0v) is 15.7. The third kappa shape index (κ3) is 5.79. The summed E-state index contributed by atoms with van der Waals surface area (Å²) in [6.07, 6.45) is 0. The normalized spacial score (nSPS) is 9.84. The van der Waals surface area contributed by atoms with E-state index in [-0.39, 0.29) is 6.47 Å². The number of aryl methyl sites for hydroxylation is 1. The van der Waals surface area contributed by atoms with E-state index in [1.54, 1.807) is 11.3 Å². The minimum absolute atomic E-state index is 0.250. The van der Waals surface area contributed by atoms with Gasteiger partial charge < -0.3 is 5.11 Å². The molecule has 2 aromatic carbocycles. The molecule has 25 heavy (non-hydrogen) atoms. The van der Waals surface area contributed by atoms with Crippen molar-refractivity contribution in [1.82, 2.24) is 0 Å². The Morgan fingerprint density at radius 1 is 1.16 bits per heavy atom. The lowest BCUT2D eigenvalue weighted by molar-refractivity contribution is -0.122. The summed E-state index contributed by atoms with van der Waals surface area (Å²) >= 11 is 9.05. The third-order valence-electron chi connectivity index (χ3n) is 3.10. The first-order valence-electron chi connectivity index (χ1n) is 7.23. The monoisotopic (exact) mass is 393 g/mol. The first kappa shape index (κ1) is 19.3.